The molecule has 1 aliphatic heterocycles. The lowest BCUT2D eigenvalue weighted by molar-refractivity contribution is -0.130. The van der Waals surface area contributed by atoms with Crippen molar-refractivity contribution in [1.82, 2.24) is 4.90 Å². The fourth-order valence-electron chi connectivity index (χ4n) is 2.26. The van der Waals surface area contributed by atoms with Crippen molar-refractivity contribution in [2.75, 3.05) is 25.5 Å². The molecular weight excluding hydrogens is 286 g/mol. The summed E-state index contributed by atoms with van der Waals surface area (Å²) in [5, 5.41) is 12.2. The fraction of sp³-hybridized carbons (Fsp3) is 0.400. The topological polar surface area (TPSA) is 65.4 Å². The van der Waals surface area contributed by atoms with Crippen molar-refractivity contribution in [3.8, 4) is 11.8 Å². The zero-order valence-corrected chi connectivity index (χ0v) is 12.7. The molecule has 1 fully saturated rings. The molecule has 0 unspecified atom stereocenters. The predicted octanol–water partition coefficient (Wildman–Crippen LogP) is 2.20. The quantitative estimate of drug-likeness (QED) is 0.864. The Labute approximate surface area is 129 Å². The van der Waals surface area contributed by atoms with E-state index in [0.29, 0.717) is 24.5 Å². The maximum absolute atomic E-state index is 12.3. The van der Waals surface area contributed by atoms with Crippen LogP contribution in [0.1, 0.15) is 12.8 Å². The molecule has 21 heavy (non-hydrogen) atoms. The standard InChI is InChI=1S/C15H17N3O2S/c1-20-12-6-4-5-11(9-12)17-14(21)13(10-16)15(19)18-7-2-3-8-18/h4-6,9,13H,2-3,7-8H2,1H3,(H,17,21)/t13-/m1/s1. The number of nitriles is 1. The van der Waals surface area contributed by atoms with Gasteiger partial charge in [0, 0.05) is 24.8 Å². The number of amides is 1. The third-order valence-electron chi connectivity index (χ3n) is 3.39. The first kappa shape index (κ1) is 15.3. The molecule has 1 heterocycles. The number of methoxy groups -OCH3 is 1. The number of nitrogens with one attached hydrogen (secondary N) is 1. The first-order valence-corrected chi connectivity index (χ1v) is 7.20. The molecule has 0 spiro atoms. The van der Waals surface area contributed by atoms with E-state index in [1.54, 1.807) is 18.1 Å². The van der Waals surface area contributed by atoms with E-state index in [-0.39, 0.29) is 10.9 Å². The van der Waals surface area contributed by atoms with Crippen LogP contribution < -0.4 is 10.1 Å². The molecule has 0 bridgehead atoms. The van der Waals surface area contributed by atoms with Crippen molar-refractivity contribution in [2.24, 2.45) is 5.92 Å². The first-order valence-electron chi connectivity index (χ1n) is 6.79. The smallest absolute Gasteiger partial charge is 0.246 e. The van der Waals surface area contributed by atoms with Gasteiger partial charge in [-0.25, -0.2) is 0 Å². The van der Waals surface area contributed by atoms with E-state index in [1.165, 1.54) is 0 Å². The number of likely N-dealkylation sites (tertiary alicyclic amines) is 1. The average Bonchev–Trinajstić information content (AvgIpc) is 3.02. The molecule has 110 valence electrons. The molecule has 1 saturated heterocycles. The number of carbonyl (C=O) groups is 1. The minimum absolute atomic E-state index is 0.213. The number of rotatable bonds is 4. The normalized spacial score (nSPS) is 15.1. The van der Waals surface area contributed by atoms with E-state index in [0.717, 1.165) is 12.8 Å². The molecule has 0 radical (unpaired) electrons. The molecule has 1 aliphatic rings. The van der Waals surface area contributed by atoms with Crippen LogP contribution in [0, 0.1) is 17.2 Å². The molecule has 2 rings (SSSR count). The van der Waals surface area contributed by atoms with Crippen LogP contribution in [0.3, 0.4) is 0 Å². The highest BCUT2D eigenvalue weighted by molar-refractivity contribution is 7.80. The van der Waals surface area contributed by atoms with Gasteiger partial charge in [0.05, 0.1) is 13.2 Å². The van der Waals surface area contributed by atoms with Crippen molar-refractivity contribution >= 4 is 28.8 Å². The van der Waals surface area contributed by atoms with Gasteiger partial charge in [-0.1, -0.05) is 18.3 Å². The van der Waals surface area contributed by atoms with E-state index in [1.807, 2.05) is 24.3 Å². The van der Waals surface area contributed by atoms with E-state index in [2.05, 4.69) is 5.32 Å². The Kier molecular flexibility index (Phi) is 5.12. The van der Waals surface area contributed by atoms with Crippen LogP contribution in [-0.4, -0.2) is 36.0 Å². The Morgan fingerprint density at radius 3 is 2.81 bits per heavy atom. The predicted molar refractivity (Wildman–Crippen MR) is 84.1 cm³/mol. The summed E-state index contributed by atoms with van der Waals surface area (Å²) in [6.07, 6.45) is 1.97. The number of anilines is 1. The average molecular weight is 303 g/mol. The summed E-state index contributed by atoms with van der Waals surface area (Å²) in [4.78, 5) is 14.2. The number of ether oxygens (including phenoxy) is 1. The Morgan fingerprint density at radius 1 is 1.48 bits per heavy atom. The highest BCUT2D eigenvalue weighted by Crippen LogP contribution is 2.19. The summed E-state index contributed by atoms with van der Waals surface area (Å²) >= 11 is 5.23. The second-order valence-corrected chi connectivity index (χ2v) is 5.26. The number of hydrogen-bond donors (Lipinski definition) is 1. The molecule has 6 heteroatoms. The van der Waals surface area contributed by atoms with Gasteiger partial charge in [-0.05, 0) is 25.0 Å². The van der Waals surface area contributed by atoms with Crippen molar-refractivity contribution in [1.29, 1.82) is 5.26 Å². The third kappa shape index (κ3) is 3.70. The number of thiocarbonyl (C=S) groups is 1. The Morgan fingerprint density at radius 2 is 2.19 bits per heavy atom. The van der Waals surface area contributed by atoms with Crippen molar-refractivity contribution in [3.05, 3.63) is 24.3 Å². The fourth-order valence-corrected chi connectivity index (χ4v) is 2.53. The lowest BCUT2D eigenvalue weighted by Crippen LogP contribution is -2.38. The second kappa shape index (κ2) is 7.04. The number of carbonyl (C=O) groups excluding carboxylic acids is 1. The Bertz CT molecular complexity index is 577. The molecule has 1 amide bonds. The van der Waals surface area contributed by atoms with E-state index in [9.17, 15) is 10.1 Å². The summed E-state index contributed by atoms with van der Waals surface area (Å²) in [5.41, 5.74) is 0.703. The number of benzene rings is 1. The Hall–Kier alpha value is -2.13. The van der Waals surface area contributed by atoms with Gasteiger partial charge in [-0.2, -0.15) is 5.26 Å². The van der Waals surface area contributed by atoms with Gasteiger partial charge in [0.1, 0.15) is 10.7 Å². The highest BCUT2D eigenvalue weighted by Gasteiger charge is 2.29. The highest BCUT2D eigenvalue weighted by atomic mass is 32.1. The van der Waals surface area contributed by atoms with Gasteiger partial charge in [0.2, 0.25) is 5.91 Å². The van der Waals surface area contributed by atoms with Crippen LogP contribution >= 0.6 is 12.2 Å². The monoisotopic (exact) mass is 303 g/mol. The Balaban J connectivity index is 2.06. The van der Waals surface area contributed by atoms with Crippen LogP contribution in [0.5, 0.6) is 5.75 Å². The maximum atomic E-state index is 12.3. The summed E-state index contributed by atoms with van der Waals surface area (Å²) in [7, 11) is 1.58. The summed E-state index contributed by atoms with van der Waals surface area (Å²) < 4.78 is 5.13. The number of hydrogen-bond acceptors (Lipinski definition) is 4. The minimum atomic E-state index is -0.940. The molecule has 1 aromatic rings. The van der Waals surface area contributed by atoms with Crippen LogP contribution in [0.25, 0.3) is 0 Å². The molecule has 0 saturated carbocycles. The van der Waals surface area contributed by atoms with Crippen molar-refractivity contribution in [3.63, 3.8) is 0 Å². The van der Waals surface area contributed by atoms with E-state index in [4.69, 9.17) is 17.0 Å². The summed E-state index contributed by atoms with van der Waals surface area (Å²) in [6, 6.07) is 9.20. The van der Waals surface area contributed by atoms with Gasteiger partial charge >= 0.3 is 0 Å². The van der Waals surface area contributed by atoms with Crippen LogP contribution in [0.2, 0.25) is 0 Å². The van der Waals surface area contributed by atoms with Gasteiger partial charge in [-0.3, -0.25) is 4.79 Å². The molecule has 1 atom stereocenters. The van der Waals surface area contributed by atoms with Crippen LogP contribution in [0.4, 0.5) is 5.69 Å². The van der Waals surface area contributed by atoms with E-state index >= 15 is 0 Å². The molecule has 1 aromatic carbocycles. The van der Waals surface area contributed by atoms with Crippen LogP contribution in [-0.2, 0) is 4.79 Å². The van der Waals surface area contributed by atoms with Crippen LogP contribution in [0.15, 0.2) is 24.3 Å². The molecule has 0 aromatic heterocycles. The number of nitrogens with zero attached hydrogens (tertiary/aromatic N) is 2. The van der Waals surface area contributed by atoms with Crippen molar-refractivity contribution < 1.29 is 9.53 Å². The second-order valence-electron chi connectivity index (χ2n) is 4.82. The SMILES string of the molecule is COc1cccc(NC(=S)[C@@H](C#N)C(=O)N2CCCC2)c1. The lowest BCUT2D eigenvalue weighted by Gasteiger charge is -2.20. The van der Waals surface area contributed by atoms with Gasteiger partial charge in [-0.15, -0.1) is 0 Å². The maximum Gasteiger partial charge on any atom is 0.246 e. The largest absolute Gasteiger partial charge is 0.497 e. The third-order valence-corrected chi connectivity index (χ3v) is 3.73. The zero-order chi connectivity index (χ0) is 15.2. The molecular formula is C15H17N3O2S. The van der Waals surface area contributed by atoms with Gasteiger partial charge in [0.25, 0.3) is 0 Å². The van der Waals surface area contributed by atoms with Gasteiger partial charge < -0.3 is 15.0 Å². The summed E-state index contributed by atoms with van der Waals surface area (Å²) in [5.74, 6) is -0.470. The van der Waals surface area contributed by atoms with Gasteiger partial charge in [0.15, 0.2) is 5.92 Å². The molecule has 1 N–H and O–H groups in total. The molecule has 0 aliphatic carbocycles. The molecule has 5 nitrogen and oxygen atoms in total. The first-order chi connectivity index (χ1) is 10.2. The minimum Gasteiger partial charge on any atom is -0.497 e. The zero-order valence-electron chi connectivity index (χ0n) is 11.8. The lowest BCUT2D eigenvalue weighted by atomic mass is 10.1. The van der Waals surface area contributed by atoms with Crippen molar-refractivity contribution in [2.45, 2.75) is 12.8 Å². The van der Waals surface area contributed by atoms with E-state index < -0.39 is 5.92 Å². The summed E-state index contributed by atoms with van der Waals surface area (Å²) in [6.45, 7) is 1.41.